The van der Waals surface area contributed by atoms with E-state index in [1.807, 2.05) is 39.5 Å². The molecule has 2 heterocycles. The Morgan fingerprint density at radius 2 is 1.61 bits per heavy atom. The molecule has 1 aliphatic rings. The van der Waals surface area contributed by atoms with Crippen molar-refractivity contribution in [2.24, 2.45) is 0 Å². The number of aromatic nitrogens is 2. The molecule has 1 aromatic carbocycles. The van der Waals surface area contributed by atoms with Crippen molar-refractivity contribution < 1.29 is 23.8 Å². The minimum absolute atomic E-state index is 0.0202. The molecule has 0 bridgehead atoms. The Bertz CT molecular complexity index is 997. The Balaban J connectivity index is 1.63. The Kier molecular flexibility index (Phi) is 10.5. The smallest absolute Gasteiger partial charge is 0.254 e. The lowest BCUT2D eigenvalue weighted by Gasteiger charge is -2.34. The van der Waals surface area contributed by atoms with E-state index in [9.17, 15) is 9.59 Å². The molecule has 2 aromatic rings. The minimum atomic E-state index is -0.0794. The summed E-state index contributed by atoms with van der Waals surface area (Å²) in [6.07, 6.45) is 0. The summed E-state index contributed by atoms with van der Waals surface area (Å²) in [4.78, 5) is 29.2. The number of amides is 2. The third kappa shape index (κ3) is 7.39. The summed E-state index contributed by atoms with van der Waals surface area (Å²) >= 11 is 2.84. The van der Waals surface area contributed by atoms with Gasteiger partial charge in [-0.05, 0) is 46.8 Å². The zero-order valence-electron chi connectivity index (χ0n) is 21.5. The lowest BCUT2D eigenvalue weighted by Crippen LogP contribution is -2.48. The molecule has 10 nitrogen and oxygen atoms in total. The molecule has 2 amide bonds. The number of rotatable bonds is 12. The second-order valence-electron chi connectivity index (χ2n) is 8.24. The van der Waals surface area contributed by atoms with Crippen LogP contribution in [0.4, 0.5) is 5.13 Å². The van der Waals surface area contributed by atoms with E-state index < -0.39 is 0 Å². The highest BCUT2D eigenvalue weighted by atomic mass is 32.2. The van der Waals surface area contributed by atoms with E-state index in [1.165, 1.54) is 23.1 Å². The highest BCUT2D eigenvalue weighted by Gasteiger charge is 2.26. The van der Waals surface area contributed by atoms with Gasteiger partial charge < -0.3 is 29.3 Å². The molecule has 3 rings (SSSR count). The molecule has 1 fully saturated rings. The maximum absolute atomic E-state index is 13.3. The van der Waals surface area contributed by atoms with Gasteiger partial charge in [0.1, 0.15) is 0 Å². The number of hydrogen-bond acceptors (Lipinski definition) is 10. The summed E-state index contributed by atoms with van der Waals surface area (Å²) in [6, 6.07) is 3.58. The summed E-state index contributed by atoms with van der Waals surface area (Å²) in [7, 11) is 0. The molecule has 1 N–H and O–H groups in total. The van der Waals surface area contributed by atoms with E-state index in [2.05, 4.69) is 20.4 Å². The van der Waals surface area contributed by atoms with Crippen LogP contribution in [-0.2, 0) is 4.79 Å². The number of nitrogens with zero attached hydrogens (tertiary/aromatic N) is 4. The van der Waals surface area contributed by atoms with E-state index in [0.29, 0.717) is 74.6 Å². The molecule has 1 saturated heterocycles. The predicted molar refractivity (Wildman–Crippen MR) is 142 cm³/mol. The number of ether oxygens (including phenoxy) is 3. The van der Waals surface area contributed by atoms with E-state index in [4.69, 9.17) is 14.2 Å². The highest BCUT2D eigenvalue weighted by molar-refractivity contribution is 8.01. The van der Waals surface area contributed by atoms with Crippen LogP contribution in [0.5, 0.6) is 17.2 Å². The van der Waals surface area contributed by atoms with Gasteiger partial charge in [0.15, 0.2) is 15.8 Å². The topological polar surface area (TPSA) is 106 Å². The van der Waals surface area contributed by atoms with Gasteiger partial charge in [-0.2, -0.15) is 0 Å². The summed E-state index contributed by atoms with van der Waals surface area (Å²) in [5.74, 6) is 1.75. The molecule has 0 unspecified atom stereocenters. The Morgan fingerprint density at radius 1 is 1.00 bits per heavy atom. The first kappa shape index (κ1) is 27.9. The monoisotopic (exact) mass is 537 g/mol. The molecular formula is C24H35N5O5S2. The highest BCUT2D eigenvalue weighted by Crippen LogP contribution is 2.39. The van der Waals surface area contributed by atoms with Crippen molar-refractivity contribution in [1.29, 1.82) is 0 Å². The Labute approximate surface area is 220 Å². The Hall–Kier alpha value is -2.73. The lowest BCUT2D eigenvalue weighted by atomic mass is 10.1. The van der Waals surface area contributed by atoms with Crippen molar-refractivity contribution in [3.05, 3.63) is 17.7 Å². The summed E-state index contributed by atoms with van der Waals surface area (Å²) in [5, 5.41) is 12.2. The third-order valence-electron chi connectivity index (χ3n) is 5.17. The molecule has 36 heavy (non-hydrogen) atoms. The van der Waals surface area contributed by atoms with Crippen LogP contribution in [0, 0.1) is 0 Å². The minimum Gasteiger partial charge on any atom is -0.490 e. The molecule has 0 aliphatic carbocycles. The van der Waals surface area contributed by atoms with Gasteiger partial charge in [-0.25, -0.2) is 0 Å². The predicted octanol–water partition coefficient (Wildman–Crippen LogP) is 3.31. The van der Waals surface area contributed by atoms with Crippen molar-refractivity contribution in [2.45, 2.75) is 45.0 Å². The number of hydrogen-bond donors (Lipinski definition) is 1. The number of benzene rings is 1. The molecule has 1 aromatic heterocycles. The van der Waals surface area contributed by atoms with Gasteiger partial charge in [0.2, 0.25) is 16.8 Å². The largest absolute Gasteiger partial charge is 0.490 e. The molecule has 12 heteroatoms. The van der Waals surface area contributed by atoms with Crippen LogP contribution in [0.25, 0.3) is 0 Å². The van der Waals surface area contributed by atoms with Gasteiger partial charge in [0.05, 0.1) is 25.6 Å². The van der Waals surface area contributed by atoms with Crippen molar-refractivity contribution in [2.75, 3.05) is 56.7 Å². The van der Waals surface area contributed by atoms with Crippen molar-refractivity contribution in [1.82, 2.24) is 20.4 Å². The van der Waals surface area contributed by atoms with Gasteiger partial charge in [0.25, 0.3) is 5.91 Å². The van der Waals surface area contributed by atoms with Crippen LogP contribution in [-0.4, -0.2) is 84.7 Å². The van der Waals surface area contributed by atoms with Crippen LogP contribution in [0.2, 0.25) is 0 Å². The molecule has 0 saturated carbocycles. The zero-order valence-corrected chi connectivity index (χ0v) is 23.2. The van der Waals surface area contributed by atoms with Gasteiger partial charge in [-0.3, -0.25) is 9.59 Å². The van der Waals surface area contributed by atoms with E-state index in [-0.39, 0.29) is 17.9 Å². The van der Waals surface area contributed by atoms with Gasteiger partial charge in [-0.15, -0.1) is 10.2 Å². The molecule has 0 spiro atoms. The van der Waals surface area contributed by atoms with Crippen molar-refractivity contribution in [3.8, 4) is 17.2 Å². The molecule has 1 aliphatic heterocycles. The summed E-state index contributed by atoms with van der Waals surface area (Å²) < 4.78 is 18.0. The molecule has 198 valence electrons. The van der Waals surface area contributed by atoms with Crippen LogP contribution in [0.15, 0.2) is 16.5 Å². The summed E-state index contributed by atoms with van der Waals surface area (Å²) in [6.45, 7) is 13.3. The molecule has 0 radical (unpaired) electrons. The number of piperazine rings is 1. The SMILES string of the molecule is CCOc1cc(C(=O)N2CCN(c3nnc(SCC(=O)NC(C)C)s3)CC2)cc(OCC)c1OCC. The van der Waals surface area contributed by atoms with E-state index in [0.717, 1.165) is 9.47 Å². The average Bonchev–Trinajstić information content (AvgIpc) is 3.33. The number of carbonyl (C=O) groups is 2. The quantitative estimate of drug-likeness (QED) is 0.408. The number of thioether (sulfide) groups is 1. The first-order valence-corrected chi connectivity index (χ1v) is 14.0. The second kappa shape index (κ2) is 13.5. The van der Waals surface area contributed by atoms with Crippen LogP contribution in [0.3, 0.4) is 0 Å². The van der Waals surface area contributed by atoms with Gasteiger partial charge in [0, 0.05) is 37.8 Å². The fourth-order valence-electron chi connectivity index (χ4n) is 3.68. The van der Waals surface area contributed by atoms with Crippen molar-refractivity contribution >= 4 is 40.0 Å². The van der Waals surface area contributed by atoms with Gasteiger partial charge >= 0.3 is 0 Å². The standard InChI is InChI=1S/C24H35N5O5S2/c1-6-32-18-13-17(14-19(33-7-2)21(18)34-8-3)22(31)28-9-11-29(12-10-28)23-26-27-24(36-23)35-15-20(30)25-16(4)5/h13-14,16H,6-12,15H2,1-5H3,(H,25,30). The van der Waals surface area contributed by atoms with Gasteiger partial charge in [-0.1, -0.05) is 23.1 Å². The van der Waals surface area contributed by atoms with E-state index in [1.54, 1.807) is 12.1 Å². The maximum Gasteiger partial charge on any atom is 0.254 e. The lowest BCUT2D eigenvalue weighted by molar-refractivity contribution is -0.119. The number of nitrogens with one attached hydrogen (secondary N) is 1. The summed E-state index contributed by atoms with van der Waals surface area (Å²) in [5.41, 5.74) is 0.507. The Morgan fingerprint density at radius 3 is 2.17 bits per heavy atom. The average molecular weight is 538 g/mol. The van der Waals surface area contributed by atoms with Crippen molar-refractivity contribution in [3.63, 3.8) is 0 Å². The third-order valence-corrected chi connectivity index (χ3v) is 7.28. The fraction of sp³-hybridized carbons (Fsp3) is 0.583. The molecular weight excluding hydrogens is 502 g/mol. The maximum atomic E-state index is 13.3. The van der Waals surface area contributed by atoms with E-state index >= 15 is 0 Å². The number of carbonyl (C=O) groups excluding carboxylic acids is 2. The first-order valence-electron chi connectivity index (χ1n) is 12.2. The van der Waals surface area contributed by atoms with Crippen LogP contribution < -0.4 is 24.4 Å². The first-order chi connectivity index (χ1) is 17.4. The molecule has 0 atom stereocenters. The number of anilines is 1. The normalized spacial score (nSPS) is 13.6. The zero-order chi connectivity index (χ0) is 26.1. The van der Waals surface area contributed by atoms with Crippen LogP contribution in [0.1, 0.15) is 45.0 Å². The van der Waals surface area contributed by atoms with Crippen LogP contribution >= 0.6 is 23.1 Å². The second-order valence-corrected chi connectivity index (χ2v) is 10.4. The fourth-order valence-corrected chi connectivity index (χ4v) is 5.38.